The molecule has 4 N–H and O–H groups in total. The van der Waals surface area contributed by atoms with Crippen molar-refractivity contribution in [3.05, 3.63) is 52.0 Å². The first kappa shape index (κ1) is 36.8. The number of nitrogens with two attached hydrogens (primary N) is 1. The monoisotopic (exact) mass is 632 g/mol. The zero-order valence-corrected chi connectivity index (χ0v) is 27.6. The number of benzene rings is 1. The first-order chi connectivity index (χ1) is 20.8. The van der Waals surface area contributed by atoms with Crippen molar-refractivity contribution < 1.29 is 33.8 Å². The molecule has 0 bridgehead atoms. The number of likely N-dealkylation sites (N-methyl/N-ethyl adjacent to an activating group) is 1. The largest absolute Gasteiger partial charge is 0.455 e. The molecule has 0 saturated heterocycles. The van der Waals surface area contributed by atoms with Crippen molar-refractivity contribution in [2.45, 2.75) is 91.5 Å². The highest BCUT2D eigenvalue weighted by Gasteiger charge is 2.33. The van der Waals surface area contributed by atoms with Gasteiger partial charge in [0.2, 0.25) is 5.91 Å². The normalized spacial score (nSPS) is 15.4. The number of ether oxygens (including phenoxy) is 2. The summed E-state index contributed by atoms with van der Waals surface area (Å²) < 4.78 is 10.4. The standard InChI is InChI=1S/C32H48N4O7S/c1-8-20(4)28(33)31(40)36(7)26(19(2)3)16-27(43-22(6)38)30-35-25(17-44-30)29(39)34-24(14-21(5)32(41)42-18-37)15-23-12-10-9-11-13-23/h9-13,17,19-21,24,26-28,37H,8,14-16,18,33H2,1-7H3,(H,34,39)/t20-,21-,24+,26+,27+,28?/m0/s1. The maximum absolute atomic E-state index is 13.4. The second-order valence-electron chi connectivity index (χ2n) is 11.7. The number of rotatable bonds is 17. The molecule has 0 fully saturated rings. The molecule has 2 rings (SSSR count). The summed E-state index contributed by atoms with van der Waals surface area (Å²) in [5, 5.41) is 14.0. The summed E-state index contributed by atoms with van der Waals surface area (Å²) in [6, 6.07) is 8.17. The summed E-state index contributed by atoms with van der Waals surface area (Å²) in [6.07, 6.45) is 1.01. The van der Waals surface area contributed by atoms with Crippen LogP contribution in [0.1, 0.15) is 88.0 Å². The van der Waals surface area contributed by atoms with Crippen LogP contribution in [0, 0.1) is 17.8 Å². The van der Waals surface area contributed by atoms with Gasteiger partial charge >= 0.3 is 11.9 Å². The SMILES string of the molecule is CC[C@H](C)C(N)C(=O)N(C)[C@H](C[C@@H](OC(C)=O)c1nc(C(=O)N[C@@H](Cc2ccccc2)C[C@H](C)C(=O)OCO)cs1)C(C)C. The number of thiazole rings is 1. The van der Waals surface area contributed by atoms with Gasteiger partial charge in [-0.15, -0.1) is 11.3 Å². The molecule has 1 aromatic heterocycles. The number of hydrogen-bond acceptors (Lipinski definition) is 10. The Bertz CT molecular complexity index is 1220. The third-order valence-electron chi connectivity index (χ3n) is 7.86. The molecule has 2 amide bonds. The van der Waals surface area contributed by atoms with E-state index in [0.29, 0.717) is 11.4 Å². The fourth-order valence-corrected chi connectivity index (χ4v) is 5.85. The van der Waals surface area contributed by atoms with Crippen molar-refractivity contribution in [3.8, 4) is 0 Å². The first-order valence-electron chi connectivity index (χ1n) is 15.1. The summed E-state index contributed by atoms with van der Waals surface area (Å²) in [6.45, 7) is 10.2. The average Bonchev–Trinajstić information content (AvgIpc) is 3.48. The van der Waals surface area contributed by atoms with Crippen LogP contribution in [-0.4, -0.2) is 70.7 Å². The second-order valence-corrected chi connectivity index (χ2v) is 12.6. The second kappa shape index (κ2) is 17.8. The highest BCUT2D eigenvalue weighted by Crippen LogP contribution is 2.31. The van der Waals surface area contributed by atoms with Gasteiger partial charge in [-0.2, -0.15) is 0 Å². The van der Waals surface area contributed by atoms with E-state index in [4.69, 9.17) is 20.3 Å². The molecule has 0 spiro atoms. The van der Waals surface area contributed by atoms with Crippen LogP contribution in [0.4, 0.5) is 0 Å². The van der Waals surface area contributed by atoms with Crippen molar-refractivity contribution in [2.75, 3.05) is 13.8 Å². The molecule has 1 unspecified atom stereocenters. The van der Waals surface area contributed by atoms with Gasteiger partial charge < -0.3 is 30.5 Å². The molecule has 0 aliphatic heterocycles. The molecular formula is C32H48N4O7S. The number of aliphatic hydroxyl groups is 1. The molecule has 6 atom stereocenters. The van der Waals surface area contributed by atoms with Crippen molar-refractivity contribution in [2.24, 2.45) is 23.5 Å². The van der Waals surface area contributed by atoms with E-state index in [1.165, 1.54) is 18.3 Å². The summed E-state index contributed by atoms with van der Waals surface area (Å²) in [4.78, 5) is 57.0. The van der Waals surface area contributed by atoms with E-state index in [2.05, 4.69) is 10.3 Å². The van der Waals surface area contributed by atoms with Gasteiger partial charge in [0.05, 0.1) is 12.0 Å². The lowest BCUT2D eigenvalue weighted by Crippen LogP contribution is -2.51. The van der Waals surface area contributed by atoms with Gasteiger partial charge in [0, 0.05) is 37.9 Å². The number of nitrogens with one attached hydrogen (secondary N) is 1. The Hall–Kier alpha value is -3.35. The lowest BCUT2D eigenvalue weighted by molar-refractivity contribution is -0.156. The lowest BCUT2D eigenvalue weighted by Gasteiger charge is -2.35. The molecule has 0 aliphatic rings. The van der Waals surface area contributed by atoms with Gasteiger partial charge in [0.15, 0.2) is 12.9 Å². The van der Waals surface area contributed by atoms with Crippen molar-refractivity contribution in [1.82, 2.24) is 15.2 Å². The van der Waals surface area contributed by atoms with Crippen molar-refractivity contribution in [3.63, 3.8) is 0 Å². The molecule has 2 aromatic rings. The number of carbonyl (C=O) groups excluding carboxylic acids is 4. The van der Waals surface area contributed by atoms with E-state index >= 15 is 0 Å². The van der Waals surface area contributed by atoms with Crippen LogP contribution in [0.2, 0.25) is 0 Å². The number of nitrogens with zero attached hydrogens (tertiary/aromatic N) is 2. The van der Waals surface area contributed by atoms with Gasteiger partial charge in [-0.25, -0.2) is 4.98 Å². The van der Waals surface area contributed by atoms with Gasteiger partial charge in [0.25, 0.3) is 5.91 Å². The number of aliphatic hydroxyl groups excluding tert-OH is 1. The molecule has 1 aromatic carbocycles. The molecular weight excluding hydrogens is 584 g/mol. The van der Waals surface area contributed by atoms with Crippen LogP contribution in [0.5, 0.6) is 0 Å². The zero-order valence-electron chi connectivity index (χ0n) is 26.8. The van der Waals surface area contributed by atoms with E-state index in [9.17, 15) is 19.2 Å². The molecule has 11 nitrogen and oxygen atoms in total. The topological polar surface area (TPSA) is 161 Å². The van der Waals surface area contributed by atoms with Crippen LogP contribution >= 0.6 is 11.3 Å². The Morgan fingerprint density at radius 2 is 1.75 bits per heavy atom. The van der Waals surface area contributed by atoms with Crippen LogP contribution in [0.3, 0.4) is 0 Å². The highest BCUT2D eigenvalue weighted by atomic mass is 32.1. The summed E-state index contributed by atoms with van der Waals surface area (Å²) in [5.74, 6) is -2.23. The molecule has 0 aliphatic carbocycles. The highest BCUT2D eigenvalue weighted by molar-refractivity contribution is 7.09. The number of amides is 2. The number of carbonyl (C=O) groups is 4. The number of aromatic nitrogens is 1. The Kier molecular flexibility index (Phi) is 14.9. The maximum atomic E-state index is 13.4. The Labute approximate surface area is 264 Å². The Morgan fingerprint density at radius 3 is 2.32 bits per heavy atom. The van der Waals surface area contributed by atoms with E-state index in [0.717, 1.165) is 12.0 Å². The predicted molar refractivity (Wildman–Crippen MR) is 168 cm³/mol. The Balaban J connectivity index is 2.27. The third-order valence-corrected chi connectivity index (χ3v) is 8.79. The Morgan fingerprint density at radius 1 is 1.09 bits per heavy atom. The zero-order chi connectivity index (χ0) is 33.0. The van der Waals surface area contributed by atoms with Crippen LogP contribution in [-0.2, 0) is 30.3 Å². The van der Waals surface area contributed by atoms with Gasteiger partial charge in [-0.3, -0.25) is 19.2 Å². The fourth-order valence-electron chi connectivity index (χ4n) is 5.01. The minimum atomic E-state index is -0.782. The first-order valence-corrected chi connectivity index (χ1v) is 15.9. The molecule has 44 heavy (non-hydrogen) atoms. The van der Waals surface area contributed by atoms with Crippen LogP contribution in [0.15, 0.2) is 35.7 Å². The summed E-state index contributed by atoms with van der Waals surface area (Å²) >= 11 is 1.19. The van der Waals surface area contributed by atoms with Crippen LogP contribution in [0.25, 0.3) is 0 Å². The van der Waals surface area contributed by atoms with Gasteiger partial charge in [0.1, 0.15) is 10.7 Å². The minimum absolute atomic E-state index is 0.0103. The lowest BCUT2D eigenvalue weighted by atomic mass is 9.93. The average molecular weight is 633 g/mol. The number of hydrogen-bond donors (Lipinski definition) is 3. The summed E-state index contributed by atoms with van der Waals surface area (Å²) in [7, 11) is 1.71. The third kappa shape index (κ3) is 11.0. The van der Waals surface area contributed by atoms with Crippen molar-refractivity contribution in [1.29, 1.82) is 0 Å². The molecule has 0 saturated carbocycles. The predicted octanol–water partition coefficient (Wildman–Crippen LogP) is 3.85. The molecule has 12 heteroatoms. The molecule has 244 valence electrons. The molecule has 0 radical (unpaired) electrons. The molecule has 1 heterocycles. The van der Waals surface area contributed by atoms with E-state index in [-0.39, 0.29) is 42.3 Å². The number of esters is 2. The van der Waals surface area contributed by atoms with Gasteiger partial charge in [-0.05, 0) is 30.2 Å². The van der Waals surface area contributed by atoms with Gasteiger partial charge in [-0.1, -0.05) is 71.4 Å². The quantitative estimate of drug-likeness (QED) is 0.174. The maximum Gasteiger partial charge on any atom is 0.310 e. The van der Waals surface area contributed by atoms with Crippen LogP contribution < -0.4 is 11.1 Å². The van der Waals surface area contributed by atoms with E-state index < -0.39 is 48.7 Å². The van der Waals surface area contributed by atoms with E-state index in [1.807, 2.05) is 58.0 Å². The fraction of sp³-hybridized carbons (Fsp3) is 0.594. The van der Waals surface area contributed by atoms with E-state index in [1.54, 1.807) is 24.3 Å². The smallest absolute Gasteiger partial charge is 0.310 e. The minimum Gasteiger partial charge on any atom is -0.455 e. The summed E-state index contributed by atoms with van der Waals surface area (Å²) in [5.41, 5.74) is 7.37. The van der Waals surface area contributed by atoms with Crippen molar-refractivity contribution >= 4 is 35.1 Å².